The number of hydrogen-bond acceptors (Lipinski definition) is 3. The summed E-state index contributed by atoms with van der Waals surface area (Å²) in [5, 5.41) is 0.872. The van der Waals surface area contributed by atoms with Crippen molar-refractivity contribution in [3.63, 3.8) is 0 Å². The zero-order valence-corrected chi connectivity index (χ0v) is 9.66. The van der Waals surface area contributed by atoms with E-state index in [9.17, 15) is 0 Å². The first kappa shape index (κ1) is 11.0. The van der Waals surface area contributed by atoms with E-state index in [0.29, 0.717) is 27.4 Å². The molecule has 0 aliphatic rings. The highest BCUT2D eigenvalue weighted by molar-refractivity contribution is 6.32. The average molecular weight is 255 g/mol. The first-order valence-corrected chi connectivity index (χ1v) is 5.26. The number of anilines is 1. The van der Waals surface area contributed by atoms with Crippen LogP contribution in [0.1, 0.15) is 0 Å². The van der Waals surface area contributed by atoms with Crippen LogP contribution in [0.4, 0.5) is 5.69 Å². The molecule has 0 unspecified atom stereocenters. The number of aromatic nitrogens is 1. The maximum absolute atomic E-state index is 5.95. The lowest BCUT2D eigenvalue weighted by atomic mass is 10.3. The van der Waals surface area contributed by atoms with Gasteiger partial charge >= 0.3 is 0 Å². The van der Waals surface area contributed by atoms with Crippen LogP contribution in [0.2, 0.25) is 10.0 Å². The van der Waals surface area contributed by atoms with Gasteiger partial charge < -0.3 is 10.5 Å². The number of benzene rings is 1. The van der Waals surface area contributed by atoms with E-state index < -0.39 is 0 Å². The van der Waals surface area contributed by atoms with Crippen molar-refractivity contribution in [1.82, 2.24) is 4.98 Å². The fourth-order valence-electron chi connectivity index (χ4n) is 1.15. The maximum Gasteiger partial charge on any atom is 0.238 e. The predicted molar refractivity (Wildman–Crippen MR) is 65.2 cm³/mol. The fraction of sp³-hybridized carbons (Fsp3) is 0. The molecule has 0 bridgehead atoms. The molecule has 0 aliphatic heterocycles. The second kappa shape index (κ2) is 4.60. The van der Waals surface area contributed by atoms with Gasteiger partial charge in [-0.25, -0.2) is 4.98 Å². The molecule has 0 aliphatic carbocycles. The van der Waals surface area contributed by atoms with E-state index in [1.165, 1.54) is 0 Å². The molecule has 2 aromatic rings. The van der Waals surface area contributed by atoms with E-state index in [0.717, 1.165) is 0 Å². The lowest BCUT2D eigenvalue weighted by Crippen LogP contribution is -1.91. The molecule has 3 nitrogen and oxygen atoms in total. The lowest BCUT2D eigenvalue weighted by Gasteiger charge is -2.08. The third-order valence-corrected chi connectivity index (χ3v) is 2.49. The summed E-state index contributed by atoms with van der Waals surface area (Å²) in [4.78, 5) is 3.99. The van der Waals surface area contributed by atoms with Crippen LogP contribution >= 0.6 is 23.2 Å². The topological polar surface area (TPSA) is 48.1 Å². The number of hydrogen-bond donors (Lipinski definition) is 1. The monoisotopic (exact) mass is 254 g/mol. The Labute approximate surface area is 103 Å². The summed E-state index contributed by atoms with van der Waals surface area (Å²) in [5.41, 5.74) is 6.19. The number of nitrogen functional groups attached to an aromatic ring is 1. The summed E-state index contributed by atoms with van der Waals surface area (Å²) >= 11 is 11.9. The molecule has 2 N–H and O–H groups in total. The van der Waals surface area contributed by atoms with Crippen molar-refractivity contribution in [2.75, 3.05) is 5.73 Å². The summed E-state index contributed by atoms with van der Waals surface area (Å²) in [6, 6.07) is 8.37. The van der Waals surface area contributed by atoms with Gasteiger partial charge in [-0.1, -0.05) is 23.2 Å². The van der Waals surface area contributed by atoms with E-state index in [2.05, 4.69) is 4.98 Å². The van der Waals surface area contributed by atoms with Crippen LogP contribution in [0, 0.1) is 0 Å². The van der Waals surface area contributed by atoms with Crippen LogP contribution in [-0.4, -0.2) is 4.98 Å². The van der Waals surface area contributed by atoms with Gasteiger partial charge in [-0.15, -0.1) is 0 Å². The van der Waals surface area contributed by atoms with Crippen molar-refractivity contribution in [2.24, 2.45) is 0 Å². The second-order valence-corrected chi connectivity index (χ2v) is 3.90. The summed E-state index contributed by atoms with van der Waals surface area (Å²) in [6.07, 6.45) is 1.58. The van der Waals surface area contributed by atoms with Crippen LogP contribution in [0.25, 0.3) is 0 Å². The van der Waals surface area contributed by atoms with Crippen LogP contribution in [-0.2, 0) is 0 Å². The standard InChI is InChI=1S/C11H8Cl2N2O/c12-8-4-3-7(14)6-10(8)16-11-9(13)2-1-5-15-11/h1-6H,14H2. The molecule has 82 valence electrons. The normalized spacial score (nSPS) is 10.1. The van der Waals surface area contributed by atoms with E-state index in [4.69, 9.17) is 33.7 Å². The molecule has 0 saturated heterocycles. The smallest absolute Gasteiger partial charge is 0.238 e. The Morgan fingerprint density at radius 1 is 1.12 bits per heavy atom. The minimum absolute atomic E-state index is 0.302. The molecule has 1 aromatic carbocycles. The lowest BCUT2D eigenvalue weighted by molar-refractivity contribution is 0.464. The Balaban J connectivity index is 2.34. The van der Waals surface area contributed by atoms with Crippen LogP contribution in [0.15, 0.2) is 36.5 Å². The third-order valence-electron chi connectivity index (χ3n) is 1.89. The van der Waals surface area contributed by atoms with Crippen LogP contribution < -0.4 is 10.5 Å². The Hall–Kier alpha value is -1.45. The number of ether oxygens (including phenoxy) is 1. The molecule has 0 fully saturated rings. The molecule has 0 radical (unpaired) electrons. The van der Waals surface area contributed by atoms with Crippen LogP contribution in [0.5, 0.6) is 11.6 Å². The summed E-state index contributed by atoms with van der Waals surface area (Å²) in [7, 11) is 0. The van der Waals surface area contributed by atoms with Gasteiger partial charge in [0.05, 0.1) is 5.02 Å². The molecule has 2 rings (SSSR count). The summed E-state index contributed by atoms with van der Waals surface area (Å²) in [5.74, 6) is 0.735. The minimum atomic E-state index is 0.302. The van der Waals surface area contributed by atoms with Crippen molar-refractivity contribution in [3.05, 3.63) is 46.6 Å². The Bertz CT molecular complexity index is 517. The molecule has 0 atom stereocenters. The fourth-order valence-corrected chi connectivity index (χ4v) is 1.46. The maximum atomic E-state index is 5.95. The van der Waals surface area contributed by atoms with Gasteiger partial charge in [-0.05, 0) is 24.3 Å². The van der Waals surface area contributed by atoms with Gasteiger partial charge in [0.1, 0.15) is 10.8 Å². The van der Waals surface area contributed by atoms with Gasteiger partial charge in [0.2, 0.25) is 5.88 Å². The van der Waals surface area contributed by atoms with Gasteiger partial charge in [0.25, 0.3) is 0 Å². The molecular weight excluding hydrogens is 247 g/mol. The molecule has 1 aromatic heterocycles. The van der Waals surface area contributed by atoms with Gasteiger partial charge in [-0.2, -0.15) is 0 Å². The highest BCUT2D eigenvalue weighted by atomic mass is 35.5. The van der Waals surface area contributed by atoms with Crippen molar-refractivity contribution in [2.45, 2.75) is 0 Å². The average Bonchev–Trinajstić information content (AvgIpc) is 2.27. The Morgan fingerprint density at radius 2 is 1.94 bits per heavy atom. The number of rotatable bonds is 2. The number of nitrogens with two attached hydrogens (primary N) is 1. The molecule has 5 heteroatoms. The zero-order chi connectivity index (χ0) is 11.5. The zero-order valence-electron chi connectivity index (χ0n) is 8.15. The highest BCUT2D eigenvalue weighted by Crippen LogP contribution is 2.32. The number of pyridine rings is 1. The Morgan fingerprint density at radius 3 is 2.69 bits per heavy atom. The summed E-state index contributed by atoms with van der Waals surface area (Å²) in [6.45, 7) is 0. The van der Waals surface area contributed by atoms with E-state index >= 15 is 0 Å². The molecule has 0 spiro atoms. The van der Waals surface area contributed by atoms with Gasteiger partial charge in [0, 0.05) is 18.0 Å². The quantitative estimate of drug-likeness (QED) is 0.831. The van der Waals surface area contributed by atoms with E-state index in [1.807, 2.05) is 0 Å². The first-order chi connectivity index (χ1) is 7.66. The van der Waals surface area contributed by atoms with Crippen molar-refractivity contribution >= 4 is 28.9 Å². The van der Waals surface area contributed by atoms with Crippen molar-refractivity contribution < 1.29 is 4.74 Å². The molecule has 16 heavy (non-hydrogen) atoms. The first-order valence-electron chi connectivity index (χ1n) is 4.50. The van der Waals surface area contributed by atoms with Gasteiger partial charge in [-0.3, -0.25) is 0 Å². The number of nitrogens with zero attached hydrogens (tertiary/aromatic N) is 1. The van der Waals surface area contributed by atoms with Crippen molar-refractivity contribution in [3.8, 4) is 11.6 Å². The number of halogens is 2. The van der Waals surface area contributed by atoms with Gasteiger partial charge in [0.15, 0.2) is 0 Å². The molecule has 1 heterocycles. The predicted octanol–water partition coefficient (Wildman–Crippen LogP) is 3.76. The SMILES string of the molecule is Nc1ccc(Cl)c(Oc2ncccc2Cl)c1. The van der Waals surface area contributed by atoms with Crippen LogP contribution in [0.3, 0.4) is 0 Å². The van der Waals surface area contributed by atoms with Crippen molar-refractivity contribution in [1.29, 1.82) is 0 Å². The highest BCUT2D eigenvalue weighted by Gasteiger charge is 2.07. The Kier molecular flexibility index (Phi) is 3.17. The third kappa shape index (κ3) is 2.38. The minimum Gasteiger partial charge on any atom is -0.436 e. The second-order valence-electron chi connectivity index (χ2n) is 3.08. The summed E-state index contributed by atoms with van der Waals surface area (Å²) < 4.78 is 5.47. The van der Waals surface area contributed by atoms with E-state index in [1.54, 1.807) is 36.5 Å². The largest absolute Gasteiger partial charge is 0.436 e. The molecule has 0 amide bonds. The molecule has 0 saturated carbocycles. The van der Waals surface area contributed by atoms with E-state index in [-0.39, 0.29) is 0 Å². The molecular formula is C11H8Cl2N2O.